The summed E-state index contributed by atoms with van der Waals surface area (Å²) in [7, 11) is 1.84. The lowest BCUT2D eigenvalue weighted by atomic mass is 10.2. The number of nitrogens with zero attached hydrogens (tertiary/aromatic N) is 2. The van der Waals surface area contributed by atoms with Gasteiger partial charge in [-0.1, -0.05) is 27.5 Å². The molecule has 1 aromatic heterocycles. The van der Waals surface area contributed by atoms with Crippen LogP contribution in [0.15, 0.2) is 22.7 Å². The van der Waals surface area contributed by atoms with E-state index in [0.29, 0.717) is 23.2 Å². The summed E-state index contributed by atoms with van der Waals surface area (Å²) in [5.74, 6) is 1.28. The van der Waals surface area contributed by atoms with Crippen LogP contribution >= 0.6 is 27.5 Å². The number of nitrogens with two attached hydrogens (primary N) is 1. The predicted octanol–water partition coefficient (Wildman–Crippen LogP) is 3.44. The van der Waals surface area contributed by atoms with Crippen molar-refractivity contribution < 1.29 is 4.74 Å². The van der Waals surface area contributed by atoms with Gasteiger partial charge in [0.2, 0.25) is 5.88 Å². The predicted molar refractivity (Wildman–Crippen MR) is 79.9 cm³/mol. The van der Waals surface area contributed by atoms with Crippen LogP contribution in [0.3, 0.4) is 0 Å². The number of aryl methyl sites for hydroxylation is 2. The molecule has 0 spiro atoms. The standard InChI is InChI=1S/C13H15BrClN3O/c1-8-10(5-6-16)13(18(2)17-8)19-12-7-9(14)3-4-11(12)15/h3-4,7H,5-6,16H2,1-2H3. The lowest BCUT2D eigenvalue weighted by molar-refractivity contribution is 0.426. The summed E-state index contributed by atoms with van der Waals surface area (Å²) in [5.41, 5.74) is 7.57. The second kappa shape index (κ2) is 5.94. The first-order valence-electron chi connectivity index (χ1n) is 5.88. The molecule has 1 aromatic carbocycles. The Labute approximate surface area is 125 Å². The van der Waals surface area contributed by atoms with E-state index in [4.69, 9.17) is 22.1 Å². The third-order valence-electron chi connectivity index (χ3n) is 2.78. The molecule has 2 rings (SSSR count). The second-order valence-corrected chi connectivity index (χ2v) is 5.53. The fourth-order valence-corrected chi connectivity index (χ4v) is 2.40. The van der Waals surface area contributed by atoms with Crippen molar-refractivity contribution in [1.82, 2.24) is 9.78 Å². The van der Waals surface area contributed by atoms with E-state index in [2.05, 4.69) is 21.0 Å². The van der Waals surface area contributed by atoms with Crippen molar-refractivity contribution in [3.8, 4) is 11.6 Å². The van der Waals surface area contributed by atoms with Gasteiger partial charge in [0.15, 0.2) is 0 Å². The van der Waals surface area contributed by atoms with Crippen LogP contribution in [-0.4, -0.2) is 16.3 Å². The lowest BCUT2D eigenvalue weighted by Gasteiger charge is -2.10. The van der Waals surface area contributed by atoms with Crippen LogP contribution in [0.1, 0.15) is 11.3 Å². The van der Waals surface area contributed by atoms with Gasteiger partial charge >= 0.3 is 0 Å². The molecule has 2 N–H and O–H groups in total. The SMILES string of the molecule is Cc1nn(C)c(Oc2cc(Br)ccc2Cl)c1CCN. The Balaban J connectivity index is 2.40. The maximum atomic E-state index is 6.13. The second-order valence-electron chi connectivity index (χ2n) is 4.21. The first-order chi connectivity index (χ1) is 9.02. The lowest BCUT2D eigenvalue weighted by Crippen LogP contribution is -2.05. The molecule has 4 nitrogen and oxygen atoms in total. The van der Waals surface area contributed by atoms with Gasteiger partial charge < -0.3 is 10.5 Å². The Morgan fingerprint density at radius 1 is 1.47 bits per heavy atom. The molecule has 102 valence electrons. The molecule has 0 amide bonds. The number of hydrogen-bond donors (Lipinski definition) is 1. The van der Waals surface area contributed by atoms with E-state index in [1.165, 1.54) is 0 Å². The molecule has 0 atom stereocenters. The molecule has 0 fully saturated rings. The van der Waals surface area contributed by atoms with Gasteiger partial charge in [0, 0.05) is 17.1 Å². The van der Waals surface area contributed by atoms with Gasteiger partial charge in [-0.3, -0.25) is 0 Å². The van der Waals surface area contributed by atoms with Gasteiger partial charge in [0.1, 0.15) is 5.75 Å². The quantitative estimate of drug-likeness (QED) is 0.924. The molecule has 1 heterocycles. The van der Waals surface area contributed by atoms with Crippen molar-refractivity contribution in [3.05, 3.63) is 39.0 Å². The van der Waals surface area contributed by atoms with Crippen LogP contribution in [0.25, 0.3) is 0 Å². The fourth-order valence-electron chi connectivity index (χ4n) is 1.90. The molecule has 0 saturated carbocycles. The molecule has 0 bridgehead atoms. The first kappa shape index (κ1) is 14.4. The molecular weight excluding hydrogens is 330 g/mol. The van der Waals surface area contributed by atoms with E-state index < -0.39 is 0 Å². The number of benzene rings is 1. The molecule has 0 saturated heterocycles. The normalized spacial score (nSPS) is 10.8. The van der Waals surface area contributed by atoms with Gasteiger partial charge in [-0.25, -0.2) is 4.68 Å². The molecular formula is C13H15BrClN3O. The van der Waals surface area contributed by atoms with Gasteiger partial charge in [0.05, 0.1) is 10.7 Å². The zero-order chi connectivity index (χ0) is 14.0. The molecule has 2 aromatic rings. The van der Waals surface area contributed by atoms with Crippen molar-refractivity contribution in [1.29, 1.82) is 0 Å². The maximum absolute atomic E-state index is 6.13. The summed E-state index contributed by atoms with van der Waals surface area (Å²) in [6, 6.07) is 5.48. The van der Waals surface area contributed by atoms with Crippen molar-refractivity contribution in [2.75, 3.05) is 6.54 Å². The summed E-state index contributed by atoms with van der Waals surface area (Å²) in [5, 5.41) is 4.92. The summed E-state index contributed by atoms with van der Waals surface area (Å²) in [6.45, 7) is 2.50. The Kier molecular flexibility index (Phi) is 4.50. The van der Waals surface area contributed by atoms with Crippen molar-refractivity contribution >= 4 is 27.5 Å². The van der Waals surface area contributed by atoms with E-state index in [-0.39, 0.29) is 0 Å². The average molecular weight is 345 g/mol. The highest BCUT2D eigenvalue weighted by molar-refractivity contribution is 9.10. The molecule has 0 aliphatic rings. The van der Waals surface area contributed by atoms with Crippen molar-refractivity contribution in [3.63, 3.8) is 0 Å². The molecule has 0 aliphatic heterocycles. The van der Waals surface area contributed by atoms with Crippen LogP contribution in [0.2, 0.25) is 5.02 Å². The number of aromatic nitrogens is 2. The van der Waals surface area contributed by atoms with Crippen LogP contribution in [0.4, 0.5) is 0 Å². The molecule has 0 radical (unpaired) electrons. The minimum Gasteiger partial charge on any atom is -0.437 e. The van der Waals surface area contributed by atoms with Crippen LogP contribution < -0.4 is 10.5 Å². The van der Waals surface area contributed by atoms with Gasteiger partial charge in [0.25, 0.3) is 0 Å². The van der Waals surface area contributed by atoms with Crippen LogP contribution in [-0.2, 0) is 13.5 Å². The number of ether oxygens (including phenoxy) is 1. The van der Waals surface area contributed by atoms with Crippen molar-refractivity contribution in [2.45, 2.75) is 13.3 Å². The molecule has 0 aliphatic carbocycles. The monoisotopic (exact) mass is 343 g/mol. The largest absolute Gasteiger partial charge is 0.437 e. The van der Waals surface area contributed by atoms with Gasteiger partial charge in [-0.2, -0.15) is 5.10 Å². The Bertz CT molecular complexity index is 598. The highest BCUT2D eigenvalue weighted by Crippen LogP contribution is 2.34. The molecule has 6 heteroatoms. The number of halogens is 2. The van der Waals surface area contributed by atoms with E-state index in [0.717, 1.165) is 22.2 Å². The Morgan fingerprint density at radius 2 is 2.21 bits per heavy atom. The van der Waals surface area contributed by atoms with Gasteiger partial charge in [-0.05, 0) is 38.1 Å². The fraction of sp³-hybridized carbons (Fsp3) is 0.308. The zero-order valence-corrected chi connectivity index (χ0v) is 13.1. The minimum absolute atomic E-state index is 0.551. The average Bonchev–Trinajstić information content (AvgIpc) is 2.61. The van der Waals surface area contributed by atoms with Crippen LogP contribution in [0.5, 0.6) is 11.6 Å². The van der Waals surface area contributed by atoms with Gasteiger partial charge in [-0.15, -0.1) is 0 Å². The summed E-state index contributed by atoms with van der Waals surface area (Å²) >= 11 is 9.54. The maximum Gasteiger partial charge on any atom is 0.221 e. The molecule has 0 unspecified atom stereocenters. The van der Waals surface area contributed by atoms with Crippen molar-refractivity contribution in [2.24, 2.45) is 12.8 Å². The first-order valence-corrected chi connectivity index (χ1v) is 7.05. The summed E-state index contributed by atoms with van der Waals surface area (Å²) in [4.78, 5) is 0. The Hall–Kier alpha value is -1.04. The third kappa shape index (κ3) is 3.11. The smallest absolute Gasteiger partial charge is 0.221 e. The van der Waals surface area contributed by atoms with E-state index in [1.807, 2.05) is 26.1 Å². The number of hydrogen-bond acceptors (Lipinski definition) is 3. The summed E-state index contributed by atoms with van der Waals surface area (Å²) in [6.07, 6.45) is 0.723. The van der Waals surface area contributed by atoms with E-state index in [9.17, 15) is 0 Å². The third-order valence-corrected chi connectivity index (χ3v) is 3.59. The number of rotatable bonds is 4. The zero-order valence-electron chi connectivity index (χ0n) is 10.8. The summed E-state index contributed by atoms with van der Waals surface area (Å²) < 4.78 is 8.52. The van der Waals surface area contributed by atoms with E-state index >= 15 is 0 Å². The molecule has 19 heavy (non-hydrogen) atoms. The minimum atomic E-state index is 0.551. The van der Waals surface area contributed by atoms with E-state index in [1.54, 1.807) is 10.7 Å². The Morgan fingerprint density at radius 3 is 2.89 bits per heavy atom. The van der Waals surface area contributed by atoms with Crippen LogP contribution in [0, 0.1) is 6.92 Å². The topological polar surface area (TPSA) is 53.1 Å². The highest BCUT2D eigenvalue weighted by atomic mass is 79.9. The highest BCUT2D eigenvalue weighted by Gasteiger charge is 2.16.